The van der Waals surface area contributed by atoms with E-state index in [4.69, 9.17) is 5.73 Å². The summed E-state index contributed by atoms with van der Waals surface area (Å²) in [5.74, 6) is 0. The number of fused-ring (bicyclic) bond motifs is 1. The largest absolute Gasteiger partial charge is 0.347 e. The van der Waals surface area contributed by atoms with E-state index in [-0.39, 0.29) is 0 Å². The van der Waals surface area contributed by atoms with Gasteiger partial charge in [0.05, 0.1) is 5.52 Å². The third-order valence-corrected chi connectivity index (χ3v) is 2.87. The van der Waals surface area contributed by atoms with Gasteiger partial charge in [0.15, 0.2) is 0 Å². The highest BCUT2D eigenvalue weighted by Gasteiger charge is 2.04. The van der Waals surface area contributed by atoms with Gasteiger partial charge >= 0.3 is 0 Å². The topological polar surface area (TPSA) is 30.9 Å². The van der Waals surface area contributed by atoms with Crippen LogP contribution in [-0.2, 0) is 13.1 Å². The number of nitrogens with two attached hydrogens (primary N) is 1. The molecular formula is C14H18N2. The van der Waals surface area contributed by atoms with Crippen molar-refractivity contribution in [1.82, 2.24) is 4.57 Å². The fourth-order valence-electron chi connectivity index (χ4n) is 2.00. The standard InChI is InChI=1S/C14H18N2/c1-11(2)6-8-16-9-7-12-4-3-5-13(10-15)14(12)16/h3-5,7,9H,1,6,8,10,15H2,2H3. The molecule has 1 aromatic carbocycles. The Labute approximate surface area is 96.4 Å². The summed E-state index contributed by atoms with van der Waals surface area (Å²) in [5, 5.41) is 1.27. The van der Waals surface area contributed by atoms with Crippen LogP contribution in [0.2, 0.25) is 0 Å². The first kappa shape index (κ1) is 11.0. The number of para-hydroxylation sites is 1. The van der Waals surface area contributed by atoms with E-state index in [0.29, 0.717) is 6.54 Å². The molecule has 2 aromatic rings. The monoisotopic (exact) mass is 214 g/mol. The molecule has 0 aliphatic heterocycles. The molecule has 0 unspecified atom stereocenters. The van der Waals surface area contributed by atoms with Crippen LogP contribution in [0.4, 0.5) is 0 Å². The zero-order chi connectivity index (χ0) is 11.5. The Hall–Kier alpha value is -1.54. The first-order valence-electron chi connectivity index (χ1n) is 5.63. The van der Waals surface area contributed by atoms with E-state index in [1.807, 2.05) is 0 Å². The second kappa shape index (κ2) is 4.54. The number of allylic oxidation sites excluding steroid dienone is 1. The average Bonchev–Trinajstić information content (AvgIpc) is 2.69. The van der Waals surface area contributed by atoms with Crippen molar-refractivity contribution in [3.63, 3.8) is 0 Å². The predicted molar refractivity (Wildman–Crippen MR) is 69.3 cm³/mol. The molecule has 0 fully saturated rings. The molecule has 2 nitrogen and oxygen atoms in total. The van der Waals surface area contributed by atoms with Crippen molar-refractivity contribution >= 4 is 10.9 Å². The van der Waals surface area contributed by atoms with Gasteiger partial charge in [0.2, 0.25) is 0 Å². The molecular weight excluding hydrogens is 196 g/mol. The average molecular weight is 214 g/mol. The highest BCUT2D eigenvalue weighted by molar-refractivity contribution is 5.83. The smallest absolute Gasteiger partial charge is 0.0525 e. The highest BCUT2D eigenvalue weighted by Crippen LogP contribution is 2.20. The van der Waals surface area contributed by atoms with Crippen molar-refractivity contribution in [3.05, 3.63) is 48.2 Å². The van der Waals surface area contributed by atoms with Gasteiger partial charge in [-0.2, -0.15) is 0 Å². The van der Waals surface area contributed by atoms with Crippen molar-refractivity contribution in [3.8, 4) is 0 Å². The third-order valence-electron chi connectivity index (χ3n) is 2.87. The Kier molecular flexibility index (Phi) is 3.11. The third kappa shape index (κ3) is 2.02. The van der Waals surface area contributed by atoms with Gasteiger partial charge in [0.1, 0.15) is 0 Å². The predicted octanol–water partition coefficient (Wildman–Crippen LogP) is 3.07. The molecule has 16 heavy (non-hydrogen) atoms. The van der Waals surface area contributed by atoms with E-state index in [1.165, 1.54) is 22.0 Å². The minimum absolute atomic E-state index is 0.592. The minimum atomic E-state index is 0.592. The van der Waals surface area contributed by atoms with Crippen LogP contribution >= 0.6 is 0 Å². The molecule has 0 bridgehead atoms. The SMILES string of the molecule is C=C(C)CCn1ccc2cccc(CN)c21. The lowest BCUT2D eigenvalue weighted by atomic mass is 10.1. The number of nitrogens with zero attached hydrogens (tertiary/aromatic N) is 1. The lowest BCUT2D eigenvalue weighted by Gasteiger charge is -2.08. The molecule has 2 N–H and O–H groups in total. The summed E-state index contributed by atoms with van der Waals surface area (Å²) >= 11 is 0. The lowest BCUT2D eigenvalue weighted by Crippen LogP contribution is -2.02. The zero-order valence-corrected chi connectivity index (χ0v) is 9.74. The van der Waals surface area contributed by atoms with Gasteiger partial charge in [0.25, 0.3) is 0 Å². The molecule has 0 aliphatic rings. The molecule has 1 aromatic heterocycles. The Bertz CT molecular complexity index is 508. The van der Waals surface area contributed by atoms with Crippen LogP contribution in [0.5, 0.6) is 0 Å². The van der Waals surface area contributed by atoms with Crippen molar-refractivity contribution in [2.24, 2.45) is 5.73 Å². The fourth-order valence-corrected chi connectivity index (χ4v) is 2.00. The van der Waals surface area contributed by atoms with Gasteiger partial charge in [-0.25, -0.2) is 0 Å². The maximum absolute atomic E-state index is 5.77. The molecule has 0 spiro atoms. The van der Waals surface area contributed by atoms with Crippen molar-refractivity contribution in [2.45, 2.75) is 26.4 Å². The second-order valence-electron chi connectivity index (χ2n) is 4.28. The number of rotatable bonds is 4. The first-order valence-corrected chi connectivity index (χ1v) is 5.63. The Morgan fingerprint density at radius 2 is 2.19 bits per heavy atom. The van der Waals surface area contributed by atoms with E-state index < -0.39 is 0 Å². The Balaban J connectivity index is 2.41. The molecule has 0 aliphatic carbocycles. The summed E-state index contributed by atoms with van der Waals surface area (Å²) < 4.78 is 2.27. The van der Waals surface area contributed by atoms with Crippen molar-refractivity contribution < 1.29 is 0 Å². The first-order chi connectivity index (χ1) is 7.72. The summed E-state index contributed by atoms with van der Waals surface area (Å²) in [5.41, 5.74) is 9.47. The zero-order valence-electron chi connectivity index (χ0n) is 9.74. The highest BCUT2D eigenvalue weighted by atomic mass is 15.0. The molecule has 2 rings (SSSR count). The van der Waals surface area contributed by atoms with Crippen LogP contribution < -0.4 is 5.73 Å². The summed E-state index contributed by atoms with van der Waals surface area (Å²) in [6.45, 7) is 7.58. The minimum Gasteiger partial charge on any atom is -0.347 e. The molecule has 0 amide bonds. The van der Waals surface area contributed by atoms with Crippen LogP contribution in [0.25, 0.3) is 10.9 Å². The summed E-state index contributed by atoms with van der Waals surface area (Å²) in [6, 6.07) is 8.44. The summed E-state index contributed by atoms with van der Waals surface area (Å²) in [6.07, 6.45) is 3.15. The van der Waals surface area contributed by atoms with E-state index in [1.54, 1.807) is 0 Å². The van der Waals surface area contributed by atoms with Crippen LogP contribution in [0, 0.1) is 0 Å². The van der Waals surface area contributed by atoms with Gasteiger partial charge < -0.3 is 10.3 Å². The van der Waals surface area contributed by atoms with E-state index in [2.05, 4.69) is 48.5 Å². The van der Waals surface area contributed by atoms with Gasteiger partial charge in [-0.3, -0.25) is 0 Å². The van der Waals surface area contributed by atoms with Crippen molar-refractivity contribution in [2.75, 3.05) is 0 Å². The molecule has 0 radical (unpaired) electrons. The Morgan fingerprint density at radius 3 is 2.88 bits per heavy atom. The van der Waals surface area contributed by atoms with Crippen LogP contribution in [0.1, 0.15) is 18.9 Å². The summed E-state index contributed by atoms with van der Waals surface area (Å²) in [7, 11) is 0. The van der Waals surface area contributed by atoms with E-state index in [0.717, 1.165) is 13.0 Å². The number of aromatic nitrogens is 1. The van der Waals surface area contributed by atoms with E-state index >= 15 is 0 Å². The maximum atomic E-state index is 5.77. The molecule has 0 saturated heterocycles. The van der Waals surface area contributed by atoms with Crippen LogP contribution in [-0.4, -0.2) is 4.57 Å². The number of hydrogen-bond donors (Lipinski definition) is 1. The fraction of sp³-hybridized carbons (Fsp3) is 0.286. The Morgan fingerprint density at radius 1 is 1.38 bits per heavy atom. The molecule has 84 valence electrons. The van der Waals surface area contributed by atoms with E-state index in [9.17, 15) is 0 Å². The van der Waals surface area contributed by atoms with Crippen LogP contribution in [0.3, 0.4) is 0 Å². The normalized spacial score (nSPS) is 10.9. The summed E-state index contributed by atoms with van der Waals surface area (Å²) in [4.78, 5) is 0. The number of hydrogen-bond acceptors (Lipinski definition) is 1. The lowest BCUT2D eigenvalue weighted by molar-refractivity contribution is 0.716. The molecule has 1 heterocycles. The maximum Gasteiger partial charge on any atom is 0.0525 e. The quantitative estimate of drug-likeness (QED) is 0.779. The molecule has 0 saturated carbocycles. The van der Waals surface area contributed by atoms with Crippen LogP contribution in [0.15, 0.2) is 42.6 Å². The van der Waals surface area contributed by atoms with Gasteiger partial charge in [-0.05, 0) is 30.4 Å². The second-order valence-corrected chi connectivity index (χ2v) is 4.28. The van der Waals surface area contributed by atoms with Gasteiger partial charge in [0, 0.05) is 19.3 Å². The van der Waals surface area contributed by atoms with Gasteiger partial charge in [-0.15, -0.1) is 6.58 Å². The van der Waals surface area contributed by atoms with Crippen molar-refractivity contribution in [1.29, 1.82) is 0 Å². The molecule has 2 heteroatoms. The number of benzene rings is 1. The van der Waals surface area contributed by atoms with Gasteiger partial charge in [-0.1, -0.05) is 23.8 Å². The molecule has 0 atom stereocenters. The number of aryl methyl sites for hydroxylation is 1.